The van der Waals surface area contributed by atoms with Crippen molar-refractivity contribution in [2.24, 2.45) is 0 Å². The summed E-state index contributed by atoms with van der Waals surface area (Å²) in [7, 11) is -3.33. The van der Waals surface area contributed by atoms with E-state index >= 15 is 0 Å². The molecule has 3 rings (SSSR count). The van der Waals surface area contributed by atoms with Crippen LogP contribution < -0.4 is 0 Å². The van der Waals surface area contributed by atoms with Crippen LogP contribution in [0.4, 0.5) is 0 Å². The topological polar surface area (TPSA) is 67.3 Å². The Morgan fingerprint density at radius 3 is 2.87 bits per heavy atom. The third-order valence-corrected chi connectivity index (χ3v) is 6.03. The van der Waals surface area contributed by atoms with Gasteiger partial charge in [0.1, 0.15) is 0 Å². The quantitative estimate of drug-likeness (QED) is 0.853. The predicted molar refractivity (Wildman–Crippen MR) is 89.5 cm³/mol. The number of hydrogen-bond acceptors (Lipinski definition) is 5. The van der Waals surface area contributed by atoms with Gasteiger partial charge in [-0.2, -0.15) is 0 Å². The number of likely N-dealkylation sites (tertiary alicyclic amines) is 1. The van der Waals surface area contributed by atoms with Crippen LogP contribution in [-0.2, 0) is 9.84 Å². The highest BCUT2D eigenvalue weighted by atomic mass is 32.2. The number of rotatable bonds is 3. The Morgan fingerprint density at radius 2 is 2.17 bits per heavy atom. The molecule has 23 heavy (non-hydrogen) atoms. The first kappa shape index (κ1) is 16.1. The molecule has 0 spiro atoms. The first-order valence-electron chi connectivity index (χ1n) is 7.44. The van der Waals surface area contributed by atoms with E-state index in [2.05, 4.69) is 4.98 Å². The molecule has 5 nitrogen and oxygen atoms in total. The van der Waals surface area contributed by atoms with Crippen LogP contribution in [0.3, 0.4) is 0 Å². The number of piperidine rings is 1. The lowest BCUT2D eigenvalue weighted by molar-refractivity contribution is 0.0710. The molecule has 1 aliphatic heterocycles. The van der Waals surface area contributed by atoms with Crippen LogP contribution >= 0.6 is 11.3 Å². The fourth-order valence-electron chi connectivity index (χ4n) is 2.96. The van der Waals surface area contributed by atoms with E-state index in [0.29, 0.717) is 18.8 Å². The molecule has 122 valence electrons. The summed E-state index contributed by atoms with van der Waals surface area (Å²) in [6, 6.07) is 6.91. The monoisotopic (exact) mass is 350 g/mol. The van der Waals surface area contributed by atoms with E-state index in [-0.39, 0.29) is 16.7 Å². The van der Waals surface area contributed by atoms with Crippen LogP contribution in [-0.4, -0.2) is 43.6 Å². The highest BCUT2D eigenvalue weighted by Gasteiger charge is 2.29. The summed E-state index contributed by atoms with van der Waals surface area (Å²) in [5.41, 5.74) is 0.582. The molecule has 0 aromatic carbocycles. The first-order valence-corrected chi connectivity index (χ1v) is 10.2. The molecule has 0 saturated carbocycles. The van der Waals surface area contributed by atoms with Gasteiger partial charge < -0.3 is 4.90 Å². The average molecular weight is 350 g/mol. The fourth-order valence-corrected chi connectivity index (χ4v) is 4.58. The van der Waals surface area contributed by atoms with E-state index in [1.165, 1.54) is 17.6 Å². The molecule has 7 heteroatoms. The van der Waals surface area contributed by atoms with E-state index in [1.54, 1.807) is 23.2 Å². The number of sulfone groups is 1. The molecule has 2 aromatic heterocycles. The number of aromatic nitrogens is 1. The smallest absolute Gasteiger partial charge is 0.263 e. The minimum Gasteiger partial charge on any atom is -0.337 e. The molecule has 0 aliphatic carbocycles. The number of amides is 1. The van der Waals surface area contributed by atoms with Gasteiger partial charge in [-0.05, 0) is 36.4 Å². The Morgan fingerprint density at radius 1 is 1.35 bits per heavy atom. The Hall–Kier alpha value is -1.73. The summed E-state index contributed by atoms with van der Waals surface area (Å²) in [6.45, 7) is 1.21. The van der Waals surface area contributed by atoms with Crippen molar-refractivity contribution in [3.8, 4) is 0 Å². The predicted octanol–water partition coefficient (Wildman–Crippen LogP) is 2.57. The van der Waals surface area contributed by atoms with Gasteiger partial charge in [0.15, 0.2) is 9.84 Å². The minimum atomic E-state index is -3.33. The van der Waals surface area contributed by atoms with E-state index in [1.807, 2.05) is 17.5 Å². The van der Waals surface area contributed by atoms with Gasteiger partial charge in [-0.15, -0.1) is 11.3 Å². The van der Waals surface area contributed by atoms with E-state index in [0.717, 1.165) is 17.7 Å². The number of carbonyl (C=O) groups excluding carboxylic acids is 1. The summed E-state index contributed by atoms with van der Waals surface area (Å²) >= 11 is 1.43. The first-order chi connectivity index (χ1) is 11.0. The lowest BCUT2D eigenvalue weighted by atomic mass is 9.94. The zero-order valence-corrected chi connectivity index (χ0v) is 14.4. The Bertz CT molecular complexity index is 800. The maximum atomic E-state index is 12.5. The molecule has 1 fully saturated rings. The average Bonchev–Trinajstić information content (AvgIpc) is 3.08. The largest absolute Gasteiger partial charge is 0.337 e. The van der Waals surface area contributed by atoms with Crippen molar-refractivity contribution in [1.29, 1.82) is 0 Å². The van der Waals surface area contributed by atoms with Crippen LogP contribution in [0.2, 0.25) is 0 Å². The molecule has 1 aliphatic rings. The normalized spacial score (nSPS) is 18.8. The van der Waals surface area contributed by atoms with E-state index in [4.69, 9.17) is 0 Å². The summed E-state index contributed by atoms with van der Waals surface area (Å²) < 4.78 is 24.0. The number of pyridine rings is 1. The third-order valence-electron chi connectivity index (χ3n) is 4.03. The van der Waals surface area contributed by atoms with Gasteiger partial charge in [0.05, 0.1) is 15.5 Å². The molecule has 2 aromatic rings. The molecule has 0 radical (unpaired) electrons. The second-order valence-electron chi connectivity index (χ2n) is 5.73. The van der Waals surface area contributed by atoms with Gasteiger partial charge in [-0.1, -0.05) is 6.07 Å². The number of carbonyl (C=O) groups is 1. The molecule has 1 unspecified atom stereocenters. The van der Waals surface area contributed by atoms with Crippen molar-refractivity contribution >= 4 is 27.1 Å². The van der Waals surface area contributed by atoms with Crippen molar-refractivity contribution in [2.45, 2.75) is 23.7 Å². The Balaban J connectivity index is 1.86. The van der Waals surface area contributed by atoms with Crippen LogP contribution in [0.1, 0.15) is 34.1 Å². The maximum absolute atomic E-state index is 12.5. The lowest BCUT2D eigenvalue weighted by Crippen LogP contribution is -2.39. The second-order valence-corrected chi connectivity index (χ2v) is 8.66. The molecule has 0 bridgehead atoms. The number of thiophene rings is 1. The van der Waals surface area contributed by atoms with Gasteiger partial charge >= 0.3 is 0 Å². The summed E-state index contributed by atoms with van der Waals surface area (Å²) in [5, 5.41) is 1.88. The molecular formula is C16H18N2O3S2. The summed E-state index contributed by atoms with van der Waals surface area (Å²) in [6.07, 6.45) is 4.50. The van der Waals surface area contributed by atoms with Crippen molar-refractivity contribution < 1.29 is 13.2 Å². The Kier molecular flexibility index (Phi) is 4.50. The molecule has 0 N–H and O–H groups in total. The second kappa shape index (κ2) is 6.41. The van der Waals surface area contributed by atoms with Gasteiger partial charge in [0.25, 0.3) is 5.91 Å². The zero-order chi connectivity index (χ0) is 16.4. The summed E-state index contributed by atoms with van der Waals surface area (Å²) in [5.74, 6) is -0.0277. The van der Waals surface area contributed by atoms with Crippen molar-refractivity contribution in [1.82, 2.24) is 9.88 Å². The van der Waals surface area contributed by atoms with Gasteiger partial charge in [-0.25, -0.2) is 8.42 Å². The van der Waals surface area contributed by atoms with Gasteiger partial charge in [0, 0.05) is 31.5 Å². The van der Waals surface area contributed by atoms with Gasteiger partial charge in [0.2, 0.25) is 0 Å². The highest BCUT2D eigenvalue weighted by Crippen LogP contribution is 2.30. The number of hydrogen-bond donors (Lipinski definition) is 0. The molecule has 1 saturated heterocycles. The summed E-state index contributed by atoms with van der Waals surface area (Å²) in [4.78, 5) is 19.6. The van der Waals surface area contributed by atoms with Crippen LogP contribution in [0.5, 0.6) is 0 Å². The van der Waals surface area contributed by atoms with Crippen molar-refractivity contribution in [2.75, 3.05) is 19.3 Å². The third kappa shape index (κ3) is 3.45. The van der Waals surface area contributed by atoms with Crippen molar-refractivity contribution in [3.63, 3.8) is 0 Å². The van der Waals surface area contributed by atoms with Crippen LogP contribution in [0.15, 0.2) is 40.7 Å². The van der Waals surface area contributed by atoms with Gasteiger partial charge in [-0.3, -0.25) is 9.78 Å². The fraction of sp³-hybridized carbons (Fsp3) is 0.375. The number of nitrogens with zero attached hydrogens (tertiary/aromatic N) is 2. The molecular weight excluding hydrogens is 332 g/mol. The minimum absolute atomic E-state index is 0.0153. The zero-order valence-electron chi connectivity index (χ0n) is 12.8. The maximum Gasteiger partial charge on any atom is 0.263 e. The van der Waals surface area contributed by atoms with E-state index < -0.39 is 9.84 Å². The van der Waals surface area contributed by atoms with Crippen molar-refractivity contribution in [3.05, 3.63) is 46.4 Å². The SMILES string of the molecule is CS(=O)(=O)c1cccnc1C1CCCN(C(=O)c2cccs2)C1. The standard InChI is InChI=1S/C16H18N2O3S2/c1-23(20,21)14-7-2-8-17-15(14)12-5-3-9-18(11-12)16(19)13-6-4-10-22-13/h2,4,6-8,10,12H,3,5,9,11H2,1H3. The van der Waals surface area contributed by atoms with E-state index in [9.17, 15) is 13.2 Å². The van der Waals surface area contributed by atoms with Crippen LogP contribution in [0, 0.1) is 0 Å². The highest BCUT2D eigenvalue weighted by molar-refractivity contribution is 7.90. The molecule has 1 amide bonds. The molecule has 3 heterocycles. The Labute approximate surface area is 139 Å². The van der Waals surface area contributed by atoms with Crippen LogP contribution in [0.25, 0.3) is 0 Å². The lowest BCUT2D eigenvalue weighted by Gasteiger charge is -2.32. The molecule has 1 atom stereocenters.